The van der Waals surface area contributed by atoms with Gasteiger partial charge in [-0.15, -0.1) is 0 Å². The molecular weight excluding hydrogens is 674 g/mol. The van der Waals surface area contributed by atoms with Crippen LogP contribution in [0.25, 0.3) is 10.8 Å². The number of amides is 2. The quantitative estimate of drug-likeness (QED) is 0.266. The number of fused-ring (bicyclic) bond motifs is 1. The summed E-state index contributed by atoms with van der Waals surface area (Å²) < 4.78 is 63.5. The molecule has 2 aliphatic heterocycles. The number of likely N-dealkylation sites (tertiary alicyclic amines) is 1. The molecular formula is C31H31ClF6N4O6. The van der Waals surface area contributed by atoms with Crippen molar-refractivity contribution in [2.45, 2.75) is 37.3 Å². The predicted octanol–water partition coefficient (Wildman–Crippen LogP) is 4.91. The Morgan fingerprint density at radius 3 is 1.96 bits per heavy atom. The number of benzene rings is 3. The van der Waals surface area contributed by atoms with Crippen molar-refractivity contribution >= 4 is 46.1 Å². The second kappa shape index (κ2) is 16.1. The van der Waals surface area contributed by atoms with Crippen molar-refractivity contribution in [3.05, 3.63) is 82.9 Å². The van der Waals surface area contributed by atoms with Crippen molar-refractivity contribution in [2.75, 3.05) is 32.8 Å². The summed E-state index contributed by atoms with van der Waals surface area (Å²) in [5.74, 6) is -5.45. The zero-order chi connectivity index (χ0) is 35.7. The summed E-state index contributed by atoms with van der Waals surface area (Å²) in [7, 11) is 0. The fraction of sp³-hybridized carbons (Fsp3) is 0.355. The van der Waals surface area contributed by atoms with Crippen LogP contribution in [0.1, 0.15) is 28.8 Å². The molecule has 0 unspecified atom stereocenters. The van der Waals surface area contributed by atoms with Gasteiger partial charge in [0.25, 0.3) is 5.91 Å². The molecule has 0 aliphatic carbocycles. The number of halogens is 7. The number of hydrogen-bond donors (Lipinski definition) is 4. The maximum atomic E-state index is 12.8. The van der Waals surface area contributed by atoms with E-state index < -0.39 is 29.8 Å². The van der Waals surface area contributed by atoms with E-state index in [9.17, 15) is 35.9 Å². The lowest BCUT2D eigenvalue weighted by atomic mass is 9.85. The third-order valence-electron chi connectivity index (χ3n) is 7.67. The second-order valence-electron chi connectivity index (χ2n) is 10.8. The summed E-state index contributed by atoms with van der Waals surface area (Å²) in [5, 5.41) is 23.3. The Morgan fingerprint density at radius 1 is 0.854 bits per heavy atom. The molecule has 0 radical (unpaired) electrons. The minimum atomic E-state index is -5.08. The van der Waals surface area contributed by atoms with Crippen LogP contribution in [-0.4, -0.2) is 94.5 Å². The lowest BCUT2D eigenvalue weighted by Crippen LogP contribution is -2.56. The highest BCUT2D eigenvalue weighted by molar-refractivity contribution is 6.31. The van der Waals surface area contributed by atoms with E-state index in [1.807, 2.05) is 66.7 Å². The number of nitrogens with one attached hydrogen (secondary N) is 2. The number of aliphatic carboxylic acids is 2. The van der Waals surface area contributed by atoms with E-state index in [2.05, 4.69) is 20.4 Å². The van der Waals surface area contributed by atoms with Crippen molar-refractivity contribution in [3.63, 3.8) is 0 Å². The summed E-state index contributed by atoms with van der Waals surface area (Å²) >= 11 is 6.37. The van der Waals surface area contributed by atoms with Gasteiger partial charge in [-0.2, -0.15) is 26.3 Å². The van der Waals surface area contributed by atoms with Crippen LogP contribution in [0.2, 0.25) is 5.02 Å². The van der Waals surface area contributed by atoms with Crippen molar-refractivity contribution in [2.24, 2.45) is 0 Å². The summed E-state index contributed by atoms with van der Waals surface area (Å²) in [6.07, 6.45) is -8.64. The average molecular weight is 705 g/mol. The van der Waals surface area contributed by atoms with Gasteiger partial charge in [-0.3, -0.25) is 14.5 Å². The highest BCUT2D eigenvalue weighted by atomic mass is 35.5. The number of alkyl halides is 6. The van der Waals surface area contributed by atoms with E-state index in [0.29, 0.717) is 25.3 Å². The molecule has 17 heteroatoms. The number of nitrogens with zero attached hydrogens (tertiary/aromatic N) is 2. The predicted molar refractivity (Wildman–Crippen MR) is 162 cm³/mol. The molecule has 2 saturated heterocycles. The van der Waals surface area contributed by atoms with Gasteiger partial charge < -0.3 is 25.7 Å². The Hall–Kier alpha value is -4.41. The van der Waals surface area contributed by atoms with Gasteiger partial charge >= 0.3 is 24.3 Å². The highest BCUT2D eigenvalue weighted by Gasteiger charge is 2.50. The van der Waals surface area contributed by atoms with E-state index in [-0.39, 0.29) is 11.8 Å². The van der Waals surface area contributed by atoms with Gasteiger partial charge in [0.2, 0.25) is 5.91 Å². The summed E-state index contributed by atoms with van der Waals surface area (Å²) in [5.41, 5.74) is 1.23. The zero-order valence-electron chi connectivity index (χ0n) is 25.1. The summed E-state index contributed by atoms with van der Waals surface area (Å²) in [4.78, 5) is 47.8. The fourth-order valence-electron chi connectivity index (χ4n) is 5.12. The van der Waals surface area contributed by atoms with Crippen LogP contribution in [0.4, 0.5) is 26.3 Å². The number of carbonyl (C=O) groups is 4. The van der Waals surface area contributed by atoms with Gasteiger partial charge in [0.1, 0.15) is 5.54 Å². The van der Waals surface area contributed by atoms with Gasteiger partial charge in [-0.1, -0.05) is 60.1 Å². The minimum absolute atomic E-state index is 0.0553. The van der Waals surface area contributed by atoms with E-state index >= 15 is 0 Å². The maximum Gasteiger partial charge on any atom is 0.490 e. The normalized spacial score (nSPS) is 16.3. The smallest absolute Gasteiger partial charge is 0.475 e. The molecule has 0 saturated carbocycles. The molecule has 5 rings (SSSR count). The molecule has 1 spiro atoms. The van der Waals surface area contributed by atoms with Crippen LogP contribution in [-0.2, 0) is 20.9 Å². The number of carboxylic acid groups (broad SMARTS) is 2. The molecule has 2 aliphatic rings. The van der Waals surface area contributed by atoms with E-state index in [1.54, 1.807) is 0 Å². The first-order valence-electron chi connectivity index (χ1n) is 14.3. The second-order valence-corrected chi connectivity index (χ2v) is 11.2. The van der Waals surface area contributed by atoms with Crippen LogP contribution in [0.15, 0.2) is 66.7 Å². The molecule has 10 nitrogen and oxygen atoms in total. The van der Waals surface area contributed by atoms with Crippen LogP contribution >= 0.6 is 11.6 Å². The molecule has 0 atom stereocenters. The maximum absolute atomic E-state index is 12.8. The Labute approximate surface area is 275 Å². The molecule has 0 aromatic heterocycles. The number of piperidine rings is 1. The van der Waals surface area contributed by atoms with Gasteiger partial charge in [0, 0.05) is 43.3 Å². The Balaban J connectivity index is 0.000000376. The molecule has 0 bridgehead atoms. The van der Waals surface area contributed by atoms with E-state index in [4.69, 9.17) is 31.4 Å². The lowest BCUT2D eigenvalue weighted by Gasteiger charge is -2.42. The third-order valence-corrected chi connectivity index (χ3v) is 8.04. The molecule has 2 amide bonds. The monoisotopic (exact) mass is 704 g/mol. The van der Waals surface area contributed by atoms with Gasteiger partial charge in [0.15, 0.2) is 0 Å². The first-order chi connectivity index (χ1) is 22.4. The molecule has 4 N–H and O–H groups in total. The summed E-state index contributed by atoms with van der Waals surface area (Å²) in [6.45, 7) is 4.18. The first kappa shape index (κ1) is 38.0. The van der Waals surface area contributed by atoms with Gasteiger partial charge in [-0.25, -0.2) is 9.59 Å². The van der Waals surface area contributed by atoms with E-state index in [1.165, 1.54) is 0 Å². The molecule has 260 valence electrons. The van der Waals surface area contributed by atoms with Crippen LogP contribution in [0.5, 0.6) is 0 Å². The van der Waals surface area contributed by atoms with Crippen molar-refractivity contribution in [1.29, 1.82) is 0 Å². The van der Waals surface area contributed by atoms with Crippen molar-refractivity contribution in [1.82, 2.24) is 20.4 Å². The molecule has 2 heterocycles. The summed E-state index contributed by atoms with van der Waals surface area (Å²) in [6, 6.07) is 21.6. The first-order valence-corrected chi connectivity index (χ1v) is 14.7. The average Bonchev–Trinajstić information content (AvgIpc) is 3.32. The van der Waals surface area contributed by atoms with Crippen molar-refractivity contribution in [3.8, 4) is 0 Å². The number of rotatable bonds is 6. The van der Waals surface area contributed by atoms with Crippen LogP contribution in [0, 0.1) is 0 Å². The number of hydrogen-bond acceptors (Lipinski definition) is 6. The van der Waals surface area contributed by atoms with Gasteiger partial charge in [0.05, 0.1) is 6.67 Å². The van der Waals surface area contributed by atoms with Crippen LogP contribution in [0.3, 0.4) is 0 Å². The Bertz CT molecular complexity index is 1590. The Morgan fingerprint density at radius 2 is 1.40 bits per heavy atom. The van der Waals surface area contributed by atoms with E-state index in [0.717, 1.165) is 53.8 Å². The topological polar surface area (TPSA) is 139 Å². The standard InChI is InChI=1S/C27H29ClN4O2.2C2HF3O2/c28-24-8-4-3-7-23(24)18-32-19-30-26(34)27(32)11-14-31(15-12-27)16-13-29-25(33)22-10-9-20-5-1-2-6-21(20)17-22;2*3-2(4,5)1(6)7/h1-10,17H,11-16,18-19H2,(H,29,33)(H,30,34);2*(H,6,7). The van der Waals surface area contributed by atoms with Crippen molar-refractivity contribution < 1.29 is 55.7 Å². The number of carboxylic acids is 2. The largest absolute Gasteiger partial charge is 0.490 e. The van der Waals surface area contributed by atoms with Crippen LogP contribution < -0.4 is 10.6 Å². The highest BCUT2D eigenvalue weighted by Crippen LogP contribution is 2.34. The minimum Gasteiger partial charge on any atom is -0.475 e. The molecule has 48 heavy (non-hydrogen) atoms. The molecule has 3 aromatic rings. The zero-order valence-corrected chi connectivity index (χ0v) is 25.8. The number of carbonyl (C=O) groups excluding carboxylic acids is 2. The van der Waals surface area contributed by atoms with Gasteiger partial charge in [-0.05, 0) is 47.4 Å². The third kappa shape index (κ3) is 10.3. The lowest BCUT2D eigenvalue weighted by molar-refractivity contribution is -0.193. The fourth-order valence-corrected chi connectivity index (χ4v) is 5.31. The SMILES string of the molecule is O=C(NCCN1CCC2(CC1)C(=O)NCN2Cc1ccccc1Cl)c1ccc2ccccc2c1.O=C(O)C(F)(F)F.O=C(O)C(F)(F)F. The molecule has 2 fully saturated rings. The molecule has 3 aromatic carbocycles. The Kier molecular flexibility index (Phi) is 12.8.